The molecule has 0 bridgehead atoms. The van der Waals surface area contributed by atoms with Crippen LogP contribution in [-0.4, -0.2) is 41.1 Å². The number of amides is 1. The molecule has 3 rings (SSSR count). The van der Waals surface area contributed by atoms with Gasteiger partial charge in [0, 0.05) is 12.6 Å². The van der Waals surface area contributed by atoms with E-state index >= 15 is 0 Å². The Morgan fingerprint density at radius 1 is 1.00 bits per heavy atom. The van der Waals surface area contributed by atoms with Gasteiger partial charge in [-0.3, -0.25) is 0 Å². The van der Waals surface area contributed by atoms with Crippen molar-refractivity contribution in [2.75, 3.05) is 0 Å². The number of benzene rings is 2. The van der Waals surface area contributed by atoms with E-state index in [9.17, 15) is 18.0 Å². The molecule has 36 heavy (non-hydrogen) atoms. The Balaban J connectivity index is 1.77. The summed E-state index contributed by atoms with van der Waals surface area (Å²) in [5.41, 5.74) is 2.30. The highest BCUT2D eigenvalue weighted by atomic mass is 32.2. The van der Waals surface area contributed by atoms with Crippen molar-refractivity contribution in [1.29, 1.82) is 0 Å². The number of nitrogens with one attached hydrogen (secondary N) is 1. The van der Waals surface area contributed by atoms with E-state index < -0.39 is 33.7 Å². The molecule has 9 nitrogen and oxygen atoms in total. The molecule has 1 amide bonds. The van der Waals surface area contributed by atoms with Crippen molar-refractivity contribution in [1.82, 2.24) is 14.3 Å². The SMILES string of the molecule is Cc1ccc(COC(=O)[C@@H](Cc2cn(S(=O)(=O)c3ccc(C)cc3)cn2)NC(=O)OC(C)(C)C)cc1. The molecule has 1 heterocycles. The van der Waals surface area contributed by atoms with Gasteiger partial charge in [-0.15, -0.1) is 0 Å². The molecule has 2 aromatic carbocycles. The minimum Gasteiger partial charge on any atom is -0.459 e. The Hall–Kier alpha value is -3.66. The van der Waals surface area contributed by atoms with Gasteiger partial charge in [-0.2, -0.15) is 0 Å². The molecule has 0 unspecified atom stereocenters. The third-order valence-corrected chi connectivity index (χ3v) is 6.72. The molecule has 0 fully saturated rings. The molecule has 1 aromatic heterocycles. The van der Waals surface area contributed by atoms with E-state index in [0.717, 1.165) is 27.0 Å². The third-order valence-electron chi connectivity index (χ3n) is 5.10. The van der Waals surface area contributed by atoms with Crippen LogP contribution in [0, 0.1) is 13.8 Å². The van der Waals surface area contributed by atoms with Crippen molar-refractivity contribution in [2.45, 2.75) is 64.2 Å². The maximum atomic E-state index is 12.9. The minimum atomic E-state index is -3.86. The molecule has 192 valence electrons. The smallest absolute Gasteiger partial charge is 0.408 e. The summed E-state index contributed by atoms with van der Waals surface area (Å²) in [5, 5.41) is 2.52. The van der Waals surface area contributed by atoms with Gasteiger partial charge in [-0.25, -0.2) is 27.0 Å². The average Bonchev–Trinajstić information content (AvgIpc) is 3.26. The van der Waals surface area contributed by atoms with Crippen molar-refractivity contribution >= 4 is 22.1 Å². The van der Waals surface area contributed by atoms with Gasteiger partial charge in [0.05, 0.1) is 10.6 Å². The first-order chi connectivity index (χ1) is 16.8. The van der Waals surface area contributed by atoms with E-state index in [1.165, 1.54) is 18.3 Å². The second kappa shape index (κ2) is 10.9. The molecule has 0 aliphatic heterocycles. The van der Waals surface area contributed by atoms with Gasteiger partial charge in [0.2, 0.25) is 0 Å². The standard InChI is InChI=1S/C26H31N3O6S/c1-18-6-10-20(11-7-18)16-34-24(30)23(28-25(31)35-26(3,4)5)14-21-15-29(17-27-21)36(32,33)22-12-8-19(2)9-13-22/h6-13,15,17,23H,14,16H2,1-5H3,(H,28,31)/t23-/m1/s1. The Morgan fingerprint density at radius 3 is 2.17 bits per heavy atom. The number of carbonyl (C=O) groups excluding carboxylic acids is 2. The number of alkyl carbamates (subject to hydrolysis) is 1. The van der Waals surface area contributed by atoms with Crippen LogP contribution in [-0.2, 0) is 37.3 Å². The molecule has 1 atom stereocenters. The number of aromatic nitrogens is 2. The van der Waals surface area contributed by atoms with Gasteiger partial charge in [0.1, 0.15) is 24.6 Å². The summed E-state index contributed by atoms with van der Waals surface area (Å²) in [4.78, 5) is 29.5. The van der Waals surface area contributed by atoms with Crippen molar-refractivity contribution in [3.8, 4) is 0 Å². The number of ether oxygens (including phenoxy) is 2. The number of hydrogen-bond donors (Lipinski definition) is 1. The average molecular weight is 514 g/mol. The largest absolute Gasteiger partial charge is 0.459 e. The Labute approximate surface area is 211 Å². The number of aryl methyl sites for hydroxylation is 2. The molecule has 0 spiro atoms. The molecule has 0 radical (unpaired) electrons. The highest BCUT2D eigenvalue weighted by Crippen LogP contribution is 2.16. The first kappa shape index (κ1) is 26.9. The zero-order chi connectivity index (χ0) is 26.5. The molecule has 0 saturated heterocycles. The quantitative estimate of drug-likeness (QED) is 0.454. The third kappa shape index (κ3) is 7.42. The molecular weight excluding hydrogens is 482 g/mol. The van der Waals surface area contributed by atoms with Crippen LogP contribution in [0.3, 0.4) is 0 Å². The monoisotopic (exact) mass is 513 g/mol. The number of hydrogen-bond acceptors (Lipinski definition) is 7. The summed E-state index contributed by atoms with van der Waals surface area (Å²) in [6.07, 6.45) is 1.58. The topological polar surface area (TPSA) is 117 Å². The van der Waals surface area contributed by atoms with E-state index in [4.69, 9.17) is 9.47 Å². The number of imidazole rings is 1. The van der Waals surface area contributed by atoms with Crippen molar-refractivity contribution < 1.29 is 27.5 Å². The van der Waals surface area contributed by atoms with Crippen LogP contribution in [0.4, 0.5) is 4.79 Å². The van der Waals surface area contributed by atoms with Gasteiger partial charge in [-0.05, 0) is 52.3 Å². The summed E-state index contributed by atoms with van der Waals surface area (Å²) in [5.74, 6) is -0.697. The summed E-state index contributed by atoms with van der Waals surface area (Å²) in [7, 11) is -3.86. The molecular formula is C26H31N3O6S. The van der Waals surface area contributed by atoms with Gasteiger partial charge < -0.3 is 14.8 Å². The van der Waals surface area contributed by atoms with Gasteiger partial charge >= 0.3 is 12.1 Å². The number of nitrogens with zero attached hydrogens (tertiary/aromatic N) is 2. The van der Waals surface area contributed by atoms with Crippen molar-refractivity contribution in [3.05, 3.63) is 83.4 Å². The Morgan fingerprint density at radius 2 is 1.58 bits per heavy atom. The molecule has 0 aliphatic rings. The van der Waals surface area contributed by atoms with Crippen LogP contribution in [0.1, 0.15) is 43.2 Å². The van der Waals surface area contributed by atoms with E-state index in [2.05, 4.69) is 10.3 Å². The maximum absolute atomic E-state index is 12.9. The van der Waals surface area contributed by atoms with E-state index in [-0.39, 0.29) is 23.6 Å². The fraction of sp³-hybridized carbons (Fsp3) is 0.346. The zero-order valence-corrected chi connectivity index (χ0v) is 21.8. The second-order valence-corrected chi connectivity index (χ2v) is 11.4. The molecule has 0 saturated carbocycles. The summed E-state index contributed by atoms with van der Waals surface area (Å²) in [6.45, 7) is 8.94. The summed E-state index contributed by atoms with van der Waals surface area (Å²) >= 11 is 0. The zero-order valence-electron chi connectivity index (χ0n) is 21.0. The van der Waals surface area contributed by atoms with Crippen LogP contribution in [0.2, 0.25) is 0 Å². The van der Waals surface area contributed by atoms with Gasteiger partial charge in [0.15, 0.2) is 0 Å². The minimum absolute atomic E-state index is 0.0157. The lowest BCUT2D eigenvalue weighted by atomic mass is 10.1. The molecule has 0 aliphatic carbocycles. The van der Waals surface area contributed by atoms with E-state index in [0.29, 0.717) is 0 Å². The molecule has 10 heteroatoms. The second-order valence-electron chi connectivity index (χ2n) is 9.51. The molecule has 1 N–H and O–H groups in total. The Kier molecular flexibility index (Phi) is 8.19. The van der Waals surface area contributed by atoms with E-state index in [1.54, 1.807) is 32.9 Å². The summed E-state index contributed by atoms with van der Waals surface area (Å²) < 4.78 is 37.6. The number of esters is 1. The fourth-order valence-corrected chi connectivity index (χ4v) is 4.36. The van der Waals surface area contributed by atoms with Crippen LogP contribution in [0.15, 0.2) is 66.0 Å². The maximum Gasteiger partial charge on any atom is 0.408 e. The predicted molar refractivity (Wildman–Crippen MR) is 134 cm³/mol. The lowest BCUT2D eigenvalue weighted by Gasteiger charge is -2.22. The normalized spacial score (nSPS) is 12.6. The Bertz CT molecular complexity index is 1310. The van der Waals surface area contributed by atoms with E-state index in [1.807, 2.05) is 38.1 Å². The number of rotatable bonds is 8. The first-order valence-electron chi connectivity index (χ1n) is 11.4. The fourth-order valence-electron chi connectivity index (χ4n) is 3.21. The lowest BCUT2D eigenvalue weighted by molar-refractivity contribution is -0.147. The van der Waals surface area contributed by atoms with Crippen LogP contribution in [0.5, 0.6) is 0 Å². The van der Waals surface area contributed by atoms with Crippen LogP contribution < -0.4 is 5.32 Å². The molecule has 3 aromatic rings. The highest BCUT2D eigenvalue weighted by Gasteiger charge is 2.27. The van der Waals surface area contributed by atoms with Gasteiger partial charge in [0.25, 0.3) is 10.0 Å². The van der Waals surface area contributed by atoms with Gasteiger partial charge in [-0.1, -0.05) is 47.5 Å². The summed E-state index contributed by atoms with van der Waals surface area (Å²) in [6, 6.07) is 12.8. The van der Waals surface area contributed by atoms with Crippen molar-refractivity contribution in [2.24, 2.45) is 0 Å². The predicted octanol–water partition coefficient (Wildman–Crippen LogP) is 3.92. The first-order valence-corrected chi connectivity index (χ1v) is 12.8. The van der Waals surface area contributed by atoms with Crippen molar-refractivity contribution in [3.63, 3.8) is 0 Å². The number of carbonyl (C=O) groups is 2. The van der Waals surface area contributed by atoms with Crippen LogP contribution >= 0.6 is 0 Å². The highest BCUT2D eigenvalue weighted by molar-refractivity contribution is 7.90. The lowest BCUT2D eigenvalue weighted by Crippen LogP contribution is -2.45. The van der Waals surface area contributed by atoms with Crippen LogP contribution in [0.25, 0.3) is 0 Å².